The Labute approximate surface area is 150 Å². The number of fused-ring (bicyclic) bond motifs is 1. The van der Waals surface area contributed by atoms with Gasteiger partial charge < -0.3 is 10.2 Å². The summed E-state index contributed by atoms with van der Waals surface area (Å²) < 4.78 is 0. The Balaban J connectivity index is 0.00000264. The van der Waals surface area contributed by atoms with E-state index in [0.717, 1.165) is 41.1 Å². The molecule has 1 unspecified atom stereocenters. The lowest BCUT2D eigenvalue weighted by molar-refractivity contribution is 0.295. The van der Waals surface area contributed by atoms with Crippen LogP contribution in [0.1, 0.15) is 33.6 Å². The highest BCUT2D eigenvalue weighted by molar-refractivity contribution is 6.31. The van der Waals surface area contributed by atoms with Crippen molar-refractivity contribution in [3.05, 3.63) is 35.5 Å². The molecule has 0 saturated carbocycles. The molecule has 23 heavy (non-hydrogen) atoms. The van der Waals surface area contributed by atoms with Crippen molar-refractivity contribution in [3.8, 4) is 0 Å². The first-order chi connectivity index (χ1) is 10.6. The fourth-order valence-electron chi connectivity index (χ4n) is 2.75. The van der Waals surface area contributed by atoms with Crippen molar-refractivity contribution in [2.45, 2.75) is 39.7 Å². The van der Waals surface area contributed by atoms with Crippen molar-refractivity contribution < 1.29 is 0 Å². The number of halogens is 2. The largest absolute Gasteiger partial charge is 0.382 e. The molecule has 3 nitrogen and oxygen atoms in total. The maximum atomic E-state index is 6.04. The van der Waals surface area contributed by atoms with Crippen LogP contribution in [0.15, 0.2) is 30.5 Å². The van der Waals surface area contributed by atoms with Gasteiger partial charge in [0.05, 0.1) is 5.52 Å². The molecule has 1 N–H and O–H groups in total. The van der Waals surface area contributed by atoms with Crippen molar-refractivity contribution in [1.29, 1.82) is 0 Å². The molecule has 0 saturated heterocycles. The second-order valence-electron chi connectivity index (χ2n) is 5.73. The van der Waals surface area contributed by atoms with Crippen LogP contribution in [0.3, 0.4) is 0 Å². The number of nitrogens with zero attached hydrogens (tertiary/aromatic N) is 2. The lowest BCUT2D eigenvalue weighted by atomic mass is 10.1. The number of aromatic nitrogens is 1. The highest BCUT2D eigenvalue weighted by Gasteiger charge is 2.07. The summed E-state index contributed by atoms with van der Waals surface area (Å²) in [6.45, 7) is 10.1. The maximum absolute atomic E-state index is 6.04. The average molecular weight is 356 g/mol. The Hall–Kier alpha value is -1.03. The average Bonchev–Trinajstić information content (AvgIpc) is 2.51. The monoisotopic (exact) mass is 355 g/mol. The molecule has 1 aromatic carbocycles. The van der Waals surface area contributed by atoms with Crippen LogP contribution in [-0.4, -0.2) is 35.6 Å². The van der Waals surface area contributed by atoms with Crippen molar-refractivity contribution in [2.24, 2.45) is 0 Å². The van der Waals surface area contributed by atoms with Gasteiger partial charge in [-0.1, -0.05) is 25.4 Å². The Morgan fingerprint density at radius 1 is 1.22 bits per heavy atom. The van der Waals surface area contributed by atoms with Crippen LogP contribution >= 0.6 is 24.0 Å². The smallest absolute Gasteiger partial charge is 0.0737 e. The molecule has 0 radical (unpaired) electrons. The Morgan fingerprint density at radius 2 is 1.96 bits per heavy atom. The molecule has 0 bridgehead atoms. The number of nitrogens with one attached hydrogen (secondary N) is 1. The summed E-state index contributed by atoms with van der Waals surface area (Å²) in [5.41, 5.74) is 2.07. The van der Waals surface area contributed by atoms with Crippen molar-refractivity contribution in [2.75, 3.05) is 25.0 Å². The van der Waals surface area contributed by atoms with Crippen molar-refractivity contribution in [1.82, 2.24) is 9.88 Å². The molecule has 1 heterocycles. The van der Waals surface area contributed by atoms with Crippen LogP contribution in [-0.2, 0) is 0 Å². The van der Waals surface area contributed by atoms with Gasteiger partial charge in [0, 0.05) is 28.3 Å². The van der Waals surface area contributed by atoms with Gasteiger partial charge in [-0.2, -0.15) is 0 Å². The van der Waals surface area contributed by atoms with Gasteiger partial charge in [0.15, 0.2) is 0 Å². The summed E-state index contributed by atoms with van der Waals surface area (Å²) in [6.07, 6.45) is 4.21. The Bertz CT molecular complexity index is 600. The van der Waals surface area contributed by atoms with E-state index in [1.165, 1.54) is 13.0 Å². The molecule has 0 fully saturated rings. The molecular weight excluding hydrogens is 329 g/mol. The van der Waals surface area contributed by atoms with Gasteiger partial charge in [-0.05, 0) is 63.7 Å². The normalized spacial score (nSPS) is 12.2. The standard InChI is InChI=1S/C18H26ClN3.ClH/c1-4-22(5-2)12-6-7-14(3)21-17-10-11-20-18-13-15(19)8-9-16(17)18;/h8-11,13-14H,4-7,12H2,1-3H3,(H,20,21);1H. The topological polar surface area (TPSA) is 28.2 Å². The zero-order valence-corrected chi connectivity index (χ0v) is 15.8. The van der Waals surface area contributed by atoms with E-state index in [0.29, 0.717) is 6.04 Å². The van der Waals surface area contributed by atoms with Crippen LogP contribution in [0, 0.1) is 0 Å². The fourth-order valence-corrected chi connectivity index (χ4v) is 2.91. The van der Waals surface area contributed by atoms with Gasteiger partial charge in [0.2, 0.25) is 0 Å². The minimum Gasteiger partial charge on any atom is -0.382 e. The minimum absolute atomic E-state index is 0. The Morgan fingerprint density at radius 3 is 2.65 bits per heavy atom. The number of pyridine rings is 1. The van der Waals surface area contributed by atoms with Gasteiger partial charge in [0.1, 0.15) is 0 Å². The van der Waals surface area contributed by atoms with E-state index in [2.05, 4.69) is 36.0 Å². The van der Waals surface area contributed by atoms with Crippen LogP contribution in [0.5, 0.6) is 0 Å². The zero-order chi connectivity index (χ0) is 15.9. The lowest BCUT2D eigenvalue weighted by Gasteiger charge is -2.20. The first-order valence-electron chi connectivity index (χ1n) is 8.17. The van der Waals surface area contributed by atoms with Crippen molar-refractivity contribution >= 4 is 40.6 Å². The predicted octanol–water partition coefficient (Wildman–Crippen LogP) is 5.23. The molecule has 0 aliphatic heterocycles. The van der Waals surface area contributed by atoms with Gasteiger partial charge in [-0.15, -0.1) is 12.4 Å². The highest BCUT2D eigenvalue weighted by atomic mass is 35.5. The summed E-state index contributed by atoms with van der Waals surface area (Å²) in [5.74, 6) is 0. The molecule has 0 aliphatic carbocycles. The van der Waals surface area contributed by atoms with Crippen molar-refractivity contribution in [3.63, 3.8) is 0 Å². The predicted molar refractivity (Wildman–Crippen MR) is 104 cm³/mol. The summed E-state index contributed by atoms with van der Waals surface area (Å²) in [5, 5.41) is 5.47. The fraction of sp³-hybridized carbons (Fsp3) is 0.500. The first kappa shape index (κ1) is 20.0. The molecule has 2 aromatic rings. The van der Waals surface area contributed by atoms with E-state index in [1.807, 2.05) is 30.5 Å². The highest BCUT2D eigenvalue weighted by Crippen LogP contribution is 2.25. The number of rotatable bonds is 8. The zero-order valence-electron chi connectivity index (χ0n) is 14.2. The quantitative estimate of drug-likeness (QED) is 0.702. The third-order valence-corrected chi connectivity index (χ3v) is 4.35. The van der Waals surface area contributed by atoms with E-state index in [4.69, 9.17) is 11.6 Å². The molecule has 0 spiro atoms. The third kappa shape index (κ3) is 5.83. The summed E-state index contributed by atoms with van der Waals surface area (Å²) in [7, 11) is 0. The van der Waals surface area contributed by atoms with Gasteiger partial charge >= 0.3 is 0 Å². The molecule has 1 atom stereocenters. The summed E-state index contributed by atoms with van der Waals surface area (Å²) >= 11 is 6.04. The lowest BCUT2D eigenvalue weighted by Crippen LogP contribution is -2.25. The maximum Gasteiger partial charge on any atom is 0.0737 e. The third-order valence-electron chi connectivity index (χ3n) is 4.11. The molecule has 0 aliphatic rings. The minimum atomic E-state index is 0. The van der Waals surface area contributed by atoms with Gasteiger partial charge in [-0.25, -0.2) is 0 Å². The molecule has 0 amide bonds. The van der Waals surface area contributed by atoms with E-state index in [1.54, 1.807) is 0 Å². The molecule has 128 valence electrons. The second kappa shape index (κ2) is 9.96. The van der Waals surface area contributed by atoms with E-state index in [9.17, 15) is 0 Å². The molecular formula is C18H27Cl2N3. The number of hydrogen-bond acceptors (Lipinski definition) is 3. The van der Waals surface area contributed by atoms with Gasteiger partial charge in [0.25, 0.3) is 0 Å². The van der Waals surface area contributed by atoms with Gasteiger partial charge in [-0.3, -0.25) is 4.98 Å². The van der Waals surface area contributed by atoms with E-state index >= 15 is 0 Å². The first-order valence-corrected chi connectivity index (χ1v) is 8.55. The van der Waals surface area contributed by atoms with Crippen LogP contribution in [0.25, 0.3) is 10.9 Å². The summed E-state index contributed by atoms with van der Waals surface area (Å²) in [4.78, 5) is 6.86. The number of anilines is 1. The molecule has 1 aromatic heterocycles. The number of hydrogen-bond donors (Lipinski definition) is 1. The molecule has 5 heteroatoms. The van der Waals surface area contributed by atoms with Crippen LogP contribution in [0.4, 0.5) is 5.69 Å². The van der Waals surface area contributed by atoms with Crippen LogP contribution < -0.4 is 5.32 Å². The molecule has 2 rings (SSSR count). The Kier molecular flexibility index (Phi) is 8.67. The second-order valence-corrected chi connectivity index (χ2v) is 6.17. The number of benzene rings is 1. The summed E-state index contributed by atoms with van der Waals surface area (Å²) in [6, 6.07) is 8.35. The van der Waals surface area contributed by atoms with E-state index < -0.39 is 0 Å². The SMILES string of the molecule is CCN(CC)CCCC(C)Nc1ccnc2cc(Cl)ccc12.Cl. The van der Waals surface area contributed by atoms with Crippen LogP contribution in [0.2, 0.25) is 5.02 Å². The van der Waals surface area contributed by atoms with E-state index in [-0.39, 0.29) is 12.4 Å².